The largest absolute Gasteiger partial charge is 0.397 e. The average molecular weight is 191 g/mol. The Bertz CT molecular complexity index is 387. The van der Waals surface area contributed by atoms with Crippen LogP contribution in [0.15, 0.2) is 12.1 Å². The summed E-state index contributed by atoms with van der Waals surface area (Å²) in [5.74, 6) is 0.0352. The van der Waals surface area contributed by atoms with E-state index in [0.717, 1.165) is 23.5 Å². The first-order valence-electron chi connectivity index (χ1n) is 4.67. The van der Waals surface area contributed by atoms with Crippen LogP contribution in [0.1, 0.15) is 12.5 Å². The molecule has 1 aromatic rings. The molecule has 0 aromatic heterocycles. The van der Waals surface area contributed by atoms with Crippen molar-refractivity contribution in [3.63, 3.8) is 0 Å². The molecule has 0 bridgehead atoms. The lowest BCUT2D eigenvalue weighted by molar-refractivity contribution is -0.115. The van der Waals surface area contributed by atoms with Gasteiger partial charge in [-0.05, 0) is 24.6 Å². The van der Waals surface area contributed by atoms with Gasteiger partial charge in [0.15, 0.2) is 0 Å². The van der Waals surface area contributed by atoms with Crippen LogP contribution in [-0.4, -0.2) is 12.5 Å². The number of nitrogens with two attached hydrogens (primary N) is 1. The number of amides is 1. The third-order valence-corrected chi connectivity index (χ3v) is 2.27. The molecule has 2 rings (SSSR count). The fourth-order valence-electron chi connectivity index (χ4n) is 1.64. The SMILES string of the molecule is CCNc1cc2c(cc1N)CC(=O)N2. The van der Waals surface area contributed by atoms with Crippen molar-refractivity contribution in [2.45, 2.75) is 13.3 Å². The van der Waals surface area contributed by atoms with Crippen LogP contribution in [0.5, 0.6) is 0 Å². The highest BCUT2D eigenvalue weighted by molar-refractivity contribution is 6.00. The van der Waals surface area contributed by atoms with Crippen LogP contribution < -0.4 is 16.4 Å². The zero-order chi connectivity index (χ0) is 10.1. The fraction of sp³-hybridized carbons (Fsp3) is 0.300. The Morgan fingerprint density at radius 1 is 1.57 bits per heavy atom. The molecule has 0 saturated carbocycles. The fourth-order valence-corrected chi connectivity index (χ4v) is 1.64. The lowest BCUT2D eigenvalue weighted by atomic mass is 10.1. The van der Waals surface area contributed by atoms with Crippen molar-refractivity contribution in [3.8, 4) is 0 Å². The minimum absolute atomic E-state index is 0.0352. The van der Waals surface area contributed by atoms with Crippen molar-refractivity contribution in [2.24, 2.45) is 0 Å². The number of carbonyl (C=O) groups excluding carboxylic acids is 1. The van der Waals surface area contributed by atoms with E-state index in [0.29, 0.717) is 12.1 Å². The molecule has 1 heterocycles. The summed E-state index contributed by atoms with van der Waals surface area (Å²) in [4.78, 5) is 11.1. The number of rotatable bonds is 2. The molecule has 1 amide bonds. The highest BCUT2D eigenvalue weighted by Crippen LogP contribution is 2.31. The van der Waals surface area contributed by atoms with Gasteiger partial charge in [-0.1, -0.05) is 0 Å². The van der Waals surface area contributed by atoms with Crippen LogP contribution in [-0.2, 0) is 11.2 Å². The molecule has 74 valence electrons. The second-order valence-corrected chi connectivity index (χ2v) is 3.35. The number of anilines is 3. The topological polar surface area (TPSA) is 67.1 Å². The van der Waals surface area contributed by atoms with E-state index < -0.39 is 0 Å². The molecule has 0 aliphatic carbocycles. The maximum Gasteiger partial charge on any atom is 0.228 e. The molecule has 4 heteroatoms. The van der Waals surface area contributed by atoms with Gasteiger partial charge >= 0.3 is 0 Å². The zero-order valence-electron chi connectivity index (χ0n) is 8.05. The lowest BCUT2D eigenvalue weighted by Crippen LogP contribution is -2.04. The van der Waals surface area contributed by atoms with Gasteiger partial charge in [0, 0.05) is 12.2 Å². The Hall–Kier alpha value is -1.71. The molecule has 1 aromatic carbocycles. The molecule has 1 aliphatic heterocycles. The van der Waals surface area contributed by atoms with Crippen LogP contribution in [0, 0.1) is 0 Å². The van der Waals surface area contributed by atoms with Gasteiger partial charge in [-0.2, -0.15) is 0 Å². The summed E-state index contributed by atoms with van der Waals surface area (Å²) in [6.07, 6.45) is 0.436. The number of hydrogen-bond donors (Lipinski definition) is 3. The van der Waals surface area contributed by atoms with Crippen LogP contribution >= 0.6 is 0 Å². The smallest absolute Gasteiger partial charge is 0.228 e. The maximum absolute atomic E-state index is 11.1. The van der Waals surface area contributed by atoms with E-state index in [1.54, 1.807) is 0 Å². The van der Waals surface area contributed by atoms with Crippen molar-refractivity contribution in [2.75, 3.05) is 22.9 Å². The number of carbonyl (C=O) groups is 1. The van der Waals surface area contributed by atoms with Crippen molar-refractivity contribution in [1.82, 2.24) is 0 Å². The molecular weight excluding hydrogens is 178 g/mol. The van der Waals surface area contributed by atoms with Gasteiger partial charge in [0.2, 0.25) is 5.91 Å². The van der Waals surface area contributed by atoms with E-state index in [9.17, 15) is 4.79 Å². The lowest BCUT2D eigenvalue weighted by Gasteiger charge is -2.09. The number of fused-ring (bicyclic) bond motifs is 1. The molecule has 0 saturated heterocycles. The molecule has 0 radical (unpaired) electrons. The second-order valence-electron chi connectivity index (χ2n) is 3.35. The van der Waals surface area contributed by atoms with Gasteiger partial charge in [-0.15, -0.1) is 0 Å². The molecule has 4 nitrogen and oxygen atoms in total. The molecule has 4 N–H and O–H groups in total. The molecular formula is C10H13N3O. The third kappa shape index (κ3) is 1.39. The summed E-state index contributed by atoms with van der Waals surface area (Å²) in [7, 11) is 0. The molecule has 0 spiro atoms. The van der Waals surface area contributed by atoms with E-state index in [-0.39, 0.29) is 5.91 Å². The van der Waals surface area contributed by atoms with Gasteiger partial charge in [0.25, 0.3) is 0 Å². The van der Waals surface area contributed by atoms with E-state index in [1.165, 1.54) is 0 Å². The van der Waals surface area contributed by atoms with Gasteiger partial charge in [-0.3, -0.25) is 4.79 Å². The number of hydrogen-bond acceptors (Lipinski definition) is 3. The summed E-state index contributed by atoms with van der Waals surface area (Å²) in [5.41, 5.74) is 9.26. The predicted molar refractivity (Wildman–Crippen MR) is 57.4 cm³/mol. The highest BCUT2D eigenvalue weighted by Gasteiger charge is 2.18. The maximum atomic E-state index is 11.1. The molecule has 0 fully saturated rings. The van der Waals surface area contributed by atoms with E-state index >= 15 is 0 Å². The summed E-state index contributed by atoms with van der Waals surface area (Å²) in [5, 5.41) is 5.93. The first kappa shape index (κ1) is 8.87. The van der Waals surface area contributed by atoms with Crippen LogP contribution in [0.4, 0.5) is 17.1 Å². The van der Waals surface area contributed by atoms with Gasteiger partial charge < -0.3 is 16.4 Å². The third-order valence-electron chi connectivity index (χ3n) is 2.27. The van der Waals surface area contributed by atoms with E-state index in [2.05, 4.69) is 10.6 Å². The zero-order valence-corrected chi connectivity index (χ0v) is 8.05. The average Bonchev–Trinajstić information content (AvgIpc) is 2.45. The first-order valence-corrected chi connectivity index (χ1v) is 4.67. The van der Waals surface area contributed by atoms with Gasteiger partial charge in [0.05, 0.1) is 17.8 Å². The quantitative estimate of drug-likeness (QED) is 0.615. The number of benzene rings is 1. The second kappa shape index (κ2) is 3.21. The van der Waals surface area contributed by atoms with Crippen molar-refractivity contribution in [3.05, 3.63) is 17.7 Å². The van der Waals surface area contributed by atoms with Crippen LogP contribution in [0.3, 0.4) is 0 Å². The number of nitrogen functional groups attached to an aromatic ring is 1. The van der Waals surface area contributed by atoms with Crippen molar-refractivity contribution in [1.29, 1.82) is 0 Å². The summed E-state index contributed by atoms with van der Waals surface area (Å²) < 4.78 is 0. The Balaban J connectivity index is 2.39. The highest BCUT2D eigenvalue weighted by atomic mass is 16.1. The van der Waals surface area contributed by atoms with E-state index in [1.807, 2.05) is 19.1 Å². The minimum atomic E-state index is 0.0352. The van der Waals surface area contributed by atoms with Crippen molar-refractivity contribution < 1.29 is 4.79 Å². The van der Waals surface area contributed by atoms with Crippen LogP contribution in [0.2, 0.25) is 0 Å². The van der Waals surface area contributed by atoms with Crippen molar-refractivity contribution >= 4 is 23.0 Å². The summed E-state index contributed by atoms with van der Waals surface area (Å²) in [6.45, 7) is 2.82. The van der Waals surface area contributed by atoms with Gasteiger partial charge in [-0.25, -0.2) is 0 Å². The molecule has 0 atom stereocenters. The summed E-state index contributed by atoms with van der Waals surface area (Å²) >= 11 is 0. The Morgan fingerprint density at radius 2 is 2.36 bits per heavy atom. The molecule has 1 aliphatic rings. The van der Waals surface area contributed by atoms with Gasteiger partial charge in [0.1, 0.15) is 0 Å². The normalized spacial score (nSPS) is 13.6. The Kier molecular flexibility index (Phi) is 2.04. The Labute approximate surface area is 82.5 Å². The standard InChI is InChI=1S/C10H13N3O/c1-2-12-9-5-8-6(3-7(9)11)4-10(14)13-8/h3,5,12H,2,4,11H2,1H3,(H,13,14). The number of nitrogens with one attached hydrogen (secondary N) is 2. The molecule has 14 heavy (non-hydrogen) atoms. The minimum Gasteiger partial charge on any atom is -0.397 e. The first-order chi connectivity index (χ1) is 6.70. The predicted octanol–water partition coefficient (Wildman–Crippen LogP) is 1.20. The monoisotopic (exact) mass is 191 g/mol. The van der Waals surface area contributed by atoms with Crippen LogP contribution in [0.25, 0.3) is 0 Å². The van der Waals surface area contributed by atoms with E-state index in [4.69, 9.17) is 5.73 Å². The summed E-state index contributed by atoms with van der Waals surface area (Å²) in [6, 6.07) is 3.74. The Morgan fingerprint density at radius 3 is 3.07 bits per heavy atom. The molecule has 0 unspecified atom stereocenters.